The molecule has 3 nitrogen and oxygen atoms in total. The summed E-state index contributed by atoms with van der Waals surface area (Å²) in [5, 5.41) is 2.05. The van der Waals surface area contributed by atoms with E-state index in [4.69, 9.17) is 9.31 Å². The van der Waals surface area contributed by atoms with Crippen LogP contribution in [0.1, 0.15) is 86.5 Å². The third-order valence-electron chi connectivity index (χ3n) is 6.80. The first-order valence-electron chi connectivity index (χ1n) is 11.4. The summed E-state index contributed by atoms with van der Waals surface area (Å²) in [7, 11) is -1.71. The Bertz CT molecular complexity index is 527. The molecule has 2 fully saturated rings. The zero-order valence-corrected chi connectivity index (χ0v) is 21.7. The van der Waals surface area contributed by atoms with Crippen molar-refractivity contribution >= 4 is 29.2 Å². The Hall–Kier alpha value is 0.385. The molecule has 1 saturated heterocycles. The third-order valence-corrected chi connectivity index (χ3v) is 10.2. The first-order valence-corrected chi connectivity index (χ1v) is 14.9. The minimum absolute atomic E-state index is 0.158. The lowest BCUT2D eigenvalue weighted by Gasteiger charge is -2.43. The van der Waals surface area contributed by atoms with Crippen LogP contribution in [0.15, 0.2) is 12.2 Å². The minimum Gasteiger partial charge on any atom is -0.403 e. The number of rotatable bonds is 4. The van der Waals surface area contributed by atoms with Crippen molar-refractivity contribution in [3.05, 3.63) is 12.2 Å². The van der Waals surface area contributed by atoms with Gasteiger partial charge >= 0.3 is 7.12 Å². The zero-order chi connectivity index (χ0) is 21.9. The molecule has 0 aromatic heterocycles. The zero-order valence-electron chi connectivity index (χ0n) is 20.1. The second-order valence-electron chi connectivity index (χ2n) is 10.6. The Kier molecular flexibility index (Phi) is 9.14. The van der Waals surface area contributed by atoms with E-state index in [2.05, 4.69) is 65.5 Å². The van der Waals surface area contributed by atoms with Crippen LogP contribution in [0.5, 0.6) is 0 Å². The van der Waals surface area contributed by atoms with Gasteiger partial charge in [0.25, 0.3) is 0 Å². The van der Waals surface area contributed by atoms with Crippen LogP contribution < -0.4 is 0 Å². The first-order chi connectivity index (χ1) is 13.3. The Morgan fingerprint density at radius 1 is 1.00 bits per heavy atom. The van der Waals surface area contributed by atoms with E-state index in [-0.39, 0.29) is 18.3 Å². The highest BCUT2D eigenvalue weighted by atomic mass is 32.3. The van der Waals surface area contributed by atoms with Crippen LogP contribution in [0.3, 0.4) is 0 Å². The summed E-state index contributed by atoms with van der Waals surface area (Å²) in [6, 6.07) is 0. The molecule has 0 aromatic rings. The van der Waals surface area contributed by atoms with E-state index < -0.39 is 10.3 Å². The molecule has 1 saturated carbocycles. The molecule has 0 amide bonds. The molecule has 0 spiro atoms. The third kappa shape index (κ3) is 7.20. The molecule has 0 radical (unpaired) electrons. The van der Waals surface area contributed by atoms with E-state index in [0.717, 1.165) is 23.3 Å². The Balaban J connectivity index is 0.000000253. The lowest BCUT2D eigenvalue weighted by molar-refractivity contribution is 0.00578. The first kappa shape index (κ1) is 25.6. The fourth-order valence-corrected chi connectivity index (χ4v) is 7.62. The lowest BCUT2D eigenvalue weighted by Crippen LogP contribution is -2.41. The van der Waals surface area contributed by atoms with Gasteiger partial charge in [0.05, 0.1) is 11.2 Å². The van der Waals surface area contributed by atoms with Crippen molar-refractivity contribution in [3.8, 4) is 0 Å². The summed E-state index contributed by atoms with van der Waals surface area (Å²) in [6.07, 6.45) is 17.3. The van der Waals surface area contributed by atoms with Gasteiger partial charge < -0.3 is 13.9 Å². The maximum Gasteiger partial charge on any atom is 0.462 e. The fraction of sp³-hybridized carbons (Fsp3) is 0.913. The largest absolute Gasteiger partial charge is 0.462 e. The van der Waals surface area contributed by atoms with Gasteiger partial charge in [-0.15, -0.1) is 10.3 Å². The van der Waals surface area contributed by atoms with Crippen molar-refractivity contribution in [2.24, 2.45) is 0 Å². The number of hydrogen-bond acceptors (Lipinski definition) is 4. The van der Waals surface area contributed by atoms with Gasteiger partial charge in [-0.2, -0.15) is 11.8 Å². The van der Waals surface area contributed by atoms with E-state index in [1.54, 1.807) is 0 Å². The van der Waals surface area contributed by atoms with E-state index in [1.165, 1.54) is 32.1 Å². The van der Waals surface area contributed by atoms with Crippen molar-refractivity contribution in [2.75, 3.05) is 12.5 Å². The maximum atomic E-state index is 10.5. The normalized spacial score (nSPS) is 32.1. The summed E-state index contributed by atoms with van der Waals surface area (Å²) < 4.78 is 22.9. The van der Waals surface area contributed by atoms with Gasteiger partial charge in [0.1, 0.15) is 0 Å². The Labute approximate surface area is 186 Å². The summed E-state index contributed by atoms with van der Waals surface area (Å²) in [6.45, 7) is 13.0. The molecule has 2 aliphatic carbocycles. The van der Waals surface area contributed by atoms with Crippen LogP contribution >= 0.6 is 22.1 Å². The molecule has 1 heterocycles. The van der Waals surface area contributed by atoms with Crippen LogP contribution in [0.2, 0.25) is 5.82 Å². The fourth-order valence-electron chi connectivity index (χ4n) is 4.49. The molecular formula is C23H45BO3S2. The Morgan fingerprint density at radius 3 is 2.07 bits per heavy atom. The second-order valence-corrected chi connectivity index (χ2v) is 15.7. The van der Waals surface area contributed by atoms with Crippen molar-refractivity contribution in [1.29, 1.82) is 0 Å². The topological polar surface area (TPSA) is 38.7 Å². The van der Waals surface area contributed by atoms with Crippen LogP contribution in [-0.4, -0.2) is 51.1 Å². The molecule has 0 bridgehead atoms. The molecule has 0 aromatic carbocycles. The summed E-state index contributed by atoms with van der Waals surface area (Å²) in [5.74, 6) is 0.338. The molecule has 6 heteroatoms. The highest BCUT2D eigenvalue weighted by Gasteiger charge is 2.56. The van der Waals surface area contributed by atoms with Crippen LogP contribution in [0.4, 0.5) is 0 Å². The van der Waals surface area contributed by atoms with Gasteiger partial charge in [-0.1, -0.05) is 45.3 Å². The monoisotopic (exact) mass is 444 g/mol. The van der Waals surface area contributed by atoms with Gasteiger partial charge in [0, 0.05) is 16.3 Å². The van der Waals surface area contributed by atoms with Crippen molar-refractivity contribution in [3.63, 3.8) is 0 Å². The summed E-state index contributed by atoms with van der Waals surface area (Å²) >= 11 is 2.12. The van der Waals surface area contributed by atoms with Crippen LogP contribution in [-0.2, 0) is 9.31 Å². The quantitative estimate of drug-likeness (QED) is 0.369. The molecule has 3 aliphatic rings. The molecule has 3 rings (SSSR count). The van der Waals surface area contributed by atoms with E-state index in [9.17, 15) is 4.55 Å². The predicted octanol–water partition coefficient (Wildman–Crippen LogP) is 7.17. The molecule has 3 unspecified atom stereocenters. The number of thioether (sulfide) groups is 1. The highest BCUT2D eigenvalue weighted by molar-refractivity contribution is 8.28. The standard InChI is InChI=1S/C14H29BO3S.C9H16S/c1-13(2)14(3,4)18-15(17-13)11-9-7-8-10-12(11)19(5,6)16;1-8(2)10-9-6-4-3-5-7-9/h11-12,16H,7-10H2,1-6H3;3-4,8-9H,5-7H2,1-2H3. The molecule has 1 N–H and O–H groups in total. The van der Waals surface area contributed by atoms with Crippen molar-refractivity contribution < 1.29 is 13.9 Å². The molecule has 29 heavy (non-hydrogen) atoms. The molecule has 170 valence electrons. The van der Waals surface area contributed by atoms with Gasteiger partial charge in [-0.25, -0.2) is 0 Å². The van der Waals surface area contributed by atoms with Gasteiger partial charge in [0.15, 0.2) is 0 Å². The van der Waals surface area contributed by atoms with E-state index in [1.807, 2.05) is 12.5 Å². The van der Waals surface area contributed by atoms with E-state index >= 15 is 0 Å². The van der Waals surface area contributed by atoms with Gasteiger partial charge in [-0.3, -0.25) is 0 Å². The van der Waals surface area contributed by atoms with Gasteiger partial charge in [-0.05, 0) is 71.1 Å². The molecule has 3 atom stereocenters. The maximum absolute atomic E-state index is 10.5. The van der Waals surface area contributed by atoms with Crippen LogP contribution in [0, 0.1) is 0 Å². The van der Waals surface area contributed by atoms with E-state index in [0.29, 0.717) is 11.1 Å². The lowest BCUT2D eigenvalue weighted by atomic mass is 9.64. The highest BCUT2D eigenvalue weighted by Crippen LogP contribution is 2.55. The Morgan fingerprint density at radius 2 is 1.59 bits per heavy atom. The van der Waals surface area contributed by atoms with Crippen molar-refractivity contribution in [1.82, 2.24) is 0 Å². The molecular weight excluding hydrogens is 399 g/mol. The average Bonchev–Trinajstić information content (AvgIpc) is 2.83. The average molecular weight is 445 g/mol. The summed E-state index contributed by atoms with van der Waals surface area (Å²) in [5.41, 5.74) is -0.539. The summed E-state index contributed by atoms with van der Waals surface area (Å²) in [4.78, 5) is 0. The second kappa shape index (κ2) is 10.3. The van der Waals surface area contributed by atoms with Gasteiger partial charge in [0.2, 0.25) is 0 Å². The minimum atomic E-state index is -1.55. The molecule has 1 aliphatic heterocycles. The number of allylic oxidation sites excluding steroid dienone is 2. The SMILES string of the molecule is CC(C)SC1CC=CCC1.CC1(C)OB(C2CCCCC2S(C)(C)O)OC1(C)C. The predicted molar refractivity (Wildman–Crippen MR) is 134 cm³/mol. The smallest absolute Gasteiger partial charge is 0.403 e. The van der Waals surface area contributed by atoms with Crippen LogP contribution in [0.25, 0.3) is 0 Å². The van der Waals surface area contributed by atoms with Crippen molar-refractivity contribution in [2.45, 2.75) is 119 Å². The number of hydrogen-bond donors (Lipinski definition) is 1.